The van der Waals surface area contributed by atoms with Crippen molar-refractivity contribution in [1.82, 2.24) is 25.2 Å². The third kappa shape index (κ3) is 3.81. The fraction of sp³-hybridized carbons (Fsp3) is 0.600. The smallest absolute Gasteiger partial charge is 0.326 e. The second-order valence-electron chi connectivity index (χ2n) is 6.08. The van der Waals surface area contributed by atoms with Crippen molar-refractivity contribution in [2.45, 2.75) is 38.8 Å². The molecule has 2 heterocycles. The Morgan fingerprint density at radius 1 is 1.23 bits per heavy atom. The standard InChI is InChI=1S/C15H23N7O4/c1-5-15(6-2)11(24)22(14(25)20-15)7-10(23)26-8-9-17-12(16)19-13(18-9)21(3)4/h5-8H2,1-4H3,(H,20,25)(H2,16,17,18,19). The van der Waals surface area contributed by atoms with Crippen LogP contribution in [0.1, 0.15) is 32.5 Å². The zero-order valence-corrected chi connectivity index (χ0v) is 15.3. The first-order valence-corrected chi connectivity index (χ1v) is 8.20. The van der Waals surface area contributed by atoms with Gasteiger partial charge in [-0.15, -0.1) is 0 Å². The molecule has 0 bridgehead atoms. The highest BCUT2D eigenvalue weighted by molar-refractivity contribution is 6.08. The topological polar surface area (TPSA) is 144 Å². The van der Waals surface area contributed by atoms with Gasteiger partial charge >= 0.3 is 12.0 Å². The van der Waals surface area contributed by atoms with Gasteiger partial charge in [0.1, 0.15) is 12.1 Å². The van der Waals surface area contributed by atoms with Crippen LogP contribution in [0.3, 0.4) is 0 Å². The Hall–Kier alpha value is -2.98. The minimum atomic E-state index is -0.958. The third-order valence-electron chi connectivity index (χ3n) is 4.19. The zero-order chi connectivity index (χ0) is 19.5. The highest BCUT2D eigenvalue weighted by Crippen LogP contribution is 2.24. The van der Waals surface area contributed by atoms with Crippen molar-refractivity contribution in [3.8, 4) is 0 Å². The van der Waals surface area contributed by atoms with Crippen molar-refractivity contribution < 1.29 is 19.1 Å². The van der Waals surface area contributed by atoms with Gasteiger partial charge in [0.2, 0.25) is 11.9 Å². The normalized spacial score (nSPS) is 15.8. The number of urea groups is 1. The van der Waals surface area contributed by atoms with Crippen molar-refractivity contribution in [1.29, 1.82) is 0 Å². The van der Waals surface area contributed by atoms with E-state index >= 15 is 0 Å². The molecule has 1 aromatic heterocycles. The molecule has 0 radical (unpaired) electrons. The van der Waals surface area contributed by atoms with Gasteiger partial charge in [0.05, 0.1) is 0 Å². The van der Waals surface area contributed by atoms with Crippen LogP contribution in [0.15, 0.2) is 0 Å². The summed E-state index contributed by atoms with van der Waals surface area (Å²) in [4.78, 5) is 50.9. The third-order valence-corrected chi connectivity index (χ3v) is 4.19. The molecule has 0 aliphatic carbocycles. The van der Waals surface area contributed by atoms with Gasteiger partial charge in [0.25, 0.3) is 5.91 Å². The fourth-order valence-electron chi connectivity index (χ4n) is 2.56. The van der Waals surface area contributed by atoms with E-state index in [1.54, 1.807) is 32.8 Å². The van der Waals surface area contributed by atoms with Gasteiger partial charge in [-0.25, -0.2) is 4.79 Å². The monoisotopic (exact) mass is 365 g/mol. The lowest BCUT2D eigenvalue weighted by Crippen LogP contribution is -2.46. The molecule has 1 fully saturated rings. The highest BCUT2D eigenvalue weighted by atomic mass is 16.5. The molecule has 11 nitrogen and oxygen atoms in total. The van der Waals surface area contributed by atoms with Crippen molar-refractivity contribution in [3.05, 3.63) is 5.82 Å². The summed E-state index contributed by atoms with van der Waals surface area (Å²) < 4.78 is 5.07. The number of imide groups is 1. The second-order valence-corrected chi connectivity index (χ2v) is 6.08. The molecule has 1 aliphatic heterocycles. The maximum absolute atomic E-state index is 12.5. The number of esters is 1. The maximum Gasteiger partial charge on any atom is 0.326 e. The lowest BCUT2D eigenvalue weighted by atomic mass is 9.93. The minimum Gasteiger partial charge on any atom is -0.456 e. The number of hydrogen-bond acceptors (Lipinski definition) is 9. The SMILES string of the molecule is CCC1(CC)NC(=O)N(CC(=O)OCc2nc(N)nc(N(C)C)n2)C1=O. The van der Waals surface area contributed by atoms with Crippen LogP contribution in [0.25, 0.3) is 0 Å². The van der Waals surface area contributed by atoms with Gasteiger partial charge in [-0.05, 0) is 12.8 Å². The van der Waals surface area contributed by atoms with Gasteiger partial charge in [-0.3, -0.25) is 14.5 Å². The van der Waals surface area contributed by atoms with Gasteiger partial charge in [-0.1, -0.05) is 13.8 Å². The van der Waals surface area contributed by atoms with Crippen molar-refractivity contribution in [3.63, 3.8) is 0 Å². The lowest BCUT2D eigenvalue weighted by molar-refractivity contribution is -0.149. The van der Waals surface area contributed by atoms with Crippen LogP contribution in [0.5, 0.6) is 0 Å². The van der Waals surface area contributed by atoms with E-state index < -0.39 is 30.0 Å². The fourth-order valence-corrected chi connectivity index (χ4v) is 2.56. The number of ether oxygens (including phenoxy) is 1. The second kappa shape index (κ2) is 7.50. The molecule has 3 N–H and O–H groups in total. The number of amides is 3. The zero-order valence-electron chi connectivity index (χ0n) is 15.3. The summed E-state index contributed by atoms with van der Waals surface area (Å²) in [5, 5.41) is 2.65. The Morgan fingerprint density at radius 2 is 1.88 bits per heavy atom. The average molecular weight is 365 g/mol. The summed E-state index contributed by atoms with van der Waals surface area (Å²) >= 11 is 0. The van der Waals surface area contributed by atoms with E-state index in [2.05, 4.69) is 20.3 Å². The van der Waals surface area contributed by atoms with Crippen LogP contribution in [-0.4, -0.2) is 63.9 Å². The van der Waals surface area contributed by atoms with Gasteiger partial charge < -0.3 is 20.7 Å². The number of carbonyl (C=O) groups excluding carboxylic acids is 3. The molecule has 1 aliphatic rings. The van der Waals surface area contributed by atoms with Crippen LogP contribution >= 0.6 is 0 Å². The van der Waals surface area contributed by atoms with Crippen LogP contribution in [0, 0.1) is 0 Å². The van der Waals surface area contributed by atoms with E-state index in [4.69, 9.17) is 10.5 Å². The van der Waals surface area contributed by atoms with E-state index in [9.17, 15) is 14.4 Å². The van der Waals surface area contributed by atoms with Gasteiger partial charge in [-0.2, -0.15) is 15.0 Å². The predicted octanol–water partition coefficient (Wildman–Crippen LogP) is -0.326. The molecule has 3 amide bonds. The van der Waals surface area contributed by atoms with Crippen LogP contribution in [0.2, 0.25) is 0 Å². The predicted molar refractivity (Wildman–Crippen MR) is 91.9 cm³/mol. The molecule has 1 saturated heterocycles. The van der Waals surface area contributed by atoms with E-state index in [1.165, 1.54) is 0 Å². The Labute approximate surface area is 150 Å². The number of hydrogen-bond donors (Lipinski definition) is 2. The number of aromatic nitrogens is 3. The highest BCUT2D eigenvalue weighted by Gasteiger charge is 2.49. The summed E-state index contributed by atoms with van der Waals surface area (Å²) in [6, 6.07) is -0.602. The maximum atomic E-state index is 12.5. The molecule has 0 unspecified atom stereocenters. The summed E-state index contributed by atoms with van der Waals surface area (Å²) in [6.45, 7) is 2.88. The number of nitrogens with zero attached hydrogens (tertiary/aromatic N) is 5. The molecule has 2 rings (SSSR count). The lowest BCUT2D eigenvalue weighted by Gasteiger charge is -2.22. The molecular weight excluding hydrogens is 342 g/mol. The Morgan fingerprint density at radius 3 is 2.42 bits per heavy atom. The average Bonchev–Trinajstić information content (AvgIpc) is 2.84. The number of nitrogens with two attached hydrogens (primary N) is 1. The molecule has 0 saturated carbocycles. The minimum absolute atomic E-state index is 0.000442. The van der Waals surface area contributed by atoms with Crippen molar-refractivity contribution >= 4 is 29.8 Å². The van der Waals surface area contributed by atoms with E-state index in [1.807, 2.05) is 0 Å². The number of carbonyl (C=O) groups is 3. The number of nitrogen functional groups attached to an aromatic ring is 1. The first-order chi connectivity index (χ1) is 12.2. The Balaban J connectivity index is 2.00. The molecule has 0 aromatic carbocycles. The molecule has 0 atom stereocenters. The number of anilines is 2. The summed E-state index contributed by atoms with van der Waals surface area (Å²) in [7, 11) is 3.46. The van der Waals surface area contributed by atoms with Crippen molar-refractivity contribution in [2.75, 3.05) is 31.3 Å². The van der Waals surface area contributed by atoms with Crippen LogP contribution in [0.4, 0.5) is 16.7 Å². The Kier molecular flexibility index (Phi) is 5.58. The molecule has 142 valence electrons. The van der Waals surface area contributed by atoms with E-state index in [0.717, 1.165) is 4.90 Å². The molecular formula is C15H23N7O4. The number of nitrogens with one attached hydrogen (secondary N) is 1. The largest absolute Gasteiger partial charge is 0.456 e. The number of rotatable bonds is 7. The van der Waals surface area contributed by atoms with E-state index in [-0.39, 0.29) is 18.4 Å². The summed E-state index contributed by atoms with van der Waals surface area (Å²) in [6.07, 6.45) is 0.883. The molecule has 1 aromatic rings. The van der Waals surface area contributed by atoms with E-state index in [0.29, 0.717) is 18.8 Å². The molecule has 11 heteroatoms. The quantitative estimate of drug-likeness (QED) is 0.490. The van der Waals surface area contributed by atoms with Crippen LogP contribution < -0.4 is 16.0 Å². The first-order valence-electron chi connectivity index (χ1n) is 8.20. The Bertz CT molecular complexity index is 718. The summed E-state index contributed by atoms with van der Waals surface area (Å²) in [5.74, 6) is -0.679. The van der Waals surface area contributed by atoms with Gasteiger partial charge in [0.15, 0.2) is 12.4 Å². The first kappa shape index (κ1) is 19.3. The van der Waals surface area contributed by atoms with Gasteiger partial charge in [0, 0.05) is 14.1 Å². The molecule has 0 spiro atoms. The summed E-state index contributed by atoms with van der Waals surface area (Å²) in [5.41, 5.74) is 4.64. The van der Waals surface area contributed by atoms with Crippen LogP contribution in [-0.2, 0) is 20.9 Å². The van der Waals surface area contributed by atoms with Crippen molar-refractivity contribution in [2.24, 2.45) is 0 Å². The molecule has 26 heavy (non-hydrogen) atoms.